The molecule has 0 N–H and O–H groups in total. The first kappa shape index (κ1) is 20.5. The van der Waals surface area contributed by atoms with Crippen molar-refractivity contribution in [1.29, 1.82) is 0 Å². The molecule has 1 aliphatic rings. The van der Waals surface area contributed by atoms with Crippen LogP contribution in [0.1, 0.15) is 61.1 Å². The Morgan fingerprint density at radius 1 is 1.35 bits per heavy atom. The van der Waals surface area contributed by atoms with E-state index in [-0.39, 0.29) is 11.5 Å². The highest BCUT2D eigenvalue weighted by molar-refractivity contribution is 7.98. The Balaban J connectivity index is 1.55. The molecular weight excluding hydrogens is 432 g/mol. The molecule has 0 aromatic carbocycles. The van der Waals surface area contributed by atoms with Crippen molar-refractivity contribution in [2.45, 2.75) is 63.4 Å². The predicted octanol–water partition coefficient (Wildman–Crippen LogP) is 5.02. The lowest BCUT2D eigenvalue weighted by atomic mass is 9.89. The van der Waals surface area contributed by atoms with Crippen LogP contribution in [0.15, 0.2) is 37.2 Å². The number of hydrogen-bond acceptors (Lipinski definition) is 8. The summed E-state index contributed by atoms with van der Waals surface area (Å²) >= 11 is 3.11. The van der Waals surface area contributed by atoms with Crippen molar-refractivity contribution >= 4 is 33.3 Å². The Hall–Kier alpha value is -2.39. The van der Waals surface area contributed by atoms with Gasteiger partial charge in [-0.15, -0.1) is 21.5 Å². The number of thioether (sulfide) groups is 1. The minimum Gasteiger partial charge on any atom is -0.467 e. The molecule has 0 aliphatic heterocycles. The van der Waals surface area contributed by atoms with Gasteiger partial charge in [-0.2, -0.15) is 0 Å². The van der Waals surface area contributed by atoms with E-state index in [1.165, 1.54) is 22.2 Å². The van der Waals surface area contributed by atoms with Crippen LogP contribution < -0.4 is 5.56 Å². The fraction of sp³-hybridized carbons (Fsp3) is 0.455. The first-order valence-electron chi connectivity index (χ1n) is 10.5. The number of nitrogens with zero attached hydrogens (tertiary/aromatic N) is 4. The zero-order chi connectivity index (χ0) is 21.5. The summed E-state index contributed by atoms with van der Waals surface area (Å²) in [6.45, 7) is 6.65. The SMILES string of the molecule is CC1CCc2c(sc3nc(SCc4nnc(C(C)C)o4)n(Cc4ccco4)c(=O)c23)C1. The van der Waals surface area contributed by atoms with Gasteiger partial charge in [0, 0.05) is 10.8 Å². The number of fused-ring (bicyclic) bond motifs is 3. The van der Waals surface area contributed by atoms with Gasteiger partial charge in [-0.05, 0) is 42.9 Å². The Morgan fingerprint density at radius 2 is 2.23 bits per heavy atom. The van der Waals surface area contributed by atoms with Crippen LogP contribution in [0.2, 0.25) is 0 Å². The second-order valence-corrected chi connectivity index (χ2v) is 10.4. The molecule has 0 spiro atoms. The van der Waals surface area contributed by atoms with Crippen molar-refractivity contribution in [3.8, 4) is 0 Å². The topological polar surface area (TPSA) is 86.9 Å². The number of thiophene rings is 1. The Kier molecular flexibility index (Phi) is 5.47. The van der Waals surface area contributed by atoms with Crippen LogP contribution in [0.5, 0.6) is 0 Å². The molecular formula is C22H24N4O3S2. The second kappa shape index (κ2) is 8.27. The van der Waals surface area contributed by atoms with Crippen LogP contribution in [0.25, 0.3) is 10.2 Å². The van der Waals surface area contributed by atoms with Crippen molar-refractivity contribution in [1.82, 2.24) is 19.7 Å². The summed E-state index contributed by atoms with van der Waals surface area (Å²) in [6, 6.07) is 3.71. The monoisotopic (exact) mass is 456 g/mol. The molecule has 0 saturated carbocycles. The van der Waals surface area contributed by atoms with Gasteiger partial charge in [-0.25, -0.2) is 4.98 Å². The Labute approximate surface area is 187 Å². The molecule has 0 fully saturated rings. The number of hydrogen-bond donors (Lipinski definition) is 0. The largest absolute Gasteiger partial charge is 0.467 e. The molecule has 162 valence electrons. The minimum atomic E-state index is 0.00403. The summed E-state index contributed by atoms with van der Waals surface area (Å²) in [4.78, 5) is 20.7. The average molecular weight is 457 g/mol. The fourth-order valence-electron chi connectivity index (χ4n) is 3.90. The lowest BCUT2D eigenvalue weighted by Crippen LogP contribution is -2.24. The van der Waals surface area contributed by atoms with Crippen LogP contribution in [0.3, 0.4) is 0 Å². The van der Waals surface area contributed by atoms with Crippen LogP contribution >= 0.6 is 23.1 Å². The van der Waals surface area contributed by atoms with Crippen LogP contribution in [0, 0.1) is 5.92 Å². The standard InChI is InChI=1S/C22H24N4O3S2/c1-12(2)19-25-24-17(29-19)11-30-22-23-20-18(15-7-6-13(3)9-16(15)31-20)21(27)26(22)10-14-5-4-8-28-14/h4-5,8,12-13H,6-7,9-11H2,1-3H3. The quantitative estimate of drug-likeness (QED) is 0.297. The second-order valence-electron chi connectivity index (χ2n) is 8.37. The minimum absolute atomic E-state index is 0.00403. The van der Waals surface area contributed by atoms with Crippen molar-refractivity contribution < 1.29 is 8.83 Å². The maximum Gasteiger partial charge on any atom is 0.263 e. The average Bonchev–Trinajstić information content (AvgIpc) is 3.47. The molecule has 0 amide bonds. The summed E-state index contributed by atoms with van der Waals surface area (Å²) < 4.78 is 13.0. The van der Waals surface area contributed by atoms with E-state index in [4.69, 9.17) is 13.8 Å². The normalized spacial score (nSPS) is 16.3. The fourth-order valence-corrected chi connectivity index (χ4v) is 6.16. The Morgan fingerprint density at radius 3 is 2.97 bits per heavy atom. The van der Waals surface area contributed by atoms with E-state index >= 15 is 0 Å². The van der Waals surface area contributed by atoms with Crippen molar-refractivity contribution in [3.63, 3.8) is 0 Å². The summed E-state index contributed by atoms with van der Waals surface area (Å²) in [5, 5.41) is 9.66. The van der Waals surface area contributed by atoms with E-state index in [1.54, 1.807) is 22.2 Å². The molecule has 9 heteroatoms. The molecule has 1 atom stereocenters. The molecule has 0 bridgehead atoms. The van der Waals surface area contributed by atoms with Gasteiger partial charge in [0.25, 0.3) is 5.56 Å². The van der Waals surface area contributed by atoms with Crippen molar-refractivity contribution in [2.75, 3.05) is 0 Å². The van der Waals surface area contributed by atoms with Crippen molar-refractivity contribution in [3.05, 3.63) is 56.7 Å². The van der Waals surface area contributed by atoms with E-state index in [0.29, 0.717) is 35.2 Å². The predicted molar refractivity (Wildman–Crippen MR) is 121 cm³/mol. The third kappa shape index (κ3) is 3.96. The molecule has 0 radical (unpaired) electrons. The third-order valence-electron chi connectivity index (χ3n) is 5.58. The van der Waals surface area contributed by atoms with E-state index < -0.39 is 0 Å². The summed E-state index contributed by atoms with van der Waals surface area (Å²) in [5.74, 6) is 3.16. The highest BCUT2D eigenvalue weighted by Gasteiger charge is 2.25. The van der Waals surface area contributed by atoms with E-state index in [1.807, 2.05) is 26.0 Å². The molecule has 5 rings (SSSR count). The van der Waals surface area contributed by atoms with Gasteiger partial charge in [0.2, 0.25) is 11.8 Å². The zero-order valence-corrected chi connectivity index (χ0v) is 19.4. The van der Waals surface area contributed by atoms with Gasteiger partial charge in [-0.1, -0.05) is 32.5 Å². The molecule has 1 aliphatic carbocycles. The van der Waals surface area contributed by atoms with Gasteiger partial charge in [0.05, 0.1) is 23.9 Å². The zero-order valence-electron chi connectivity index (χ0n) is 17.8. The van der Waals surface area contributed by atoms with Gasteiger partial charge >= 0.3 is 0 Å². The molecule has 31 heavy (non-hydrogen) atoms. The molecule has 7 nitrogen and oxygen atoms in total. The number of furan rings is 1. The molecule has 1 unspecified atom stereocenters. The number of aryl methyl sites for hydroxylation is 1. The van der Waals surface area contributed by atoms with Crippen LogP contribution in [0.4, 0.5) is 0 Å². The molecule has 4 aromatic heterocycles. The van der Waals surface area contributed by atoms with E-state index in [0.717, 1.165) is 35.2 Å². The molecule has 0 saturated heterocycles. The van der Waals surface area contributed by atoms with Gasteiger partial charge < -0.3 is 8.83 Å². The van der Waals surface area contributed by atoms with Crippen molar-refractivity contribution in [2.24, 2.45) is 5.92 Å². The first-order valence-corrected chi connectivity index (χ1v) is 12.3. The lowest BCUT2D eigenvalue weighted by Gasteiger charge is -2.17. The summed E-state index contributed by atoms with van der Waals surface area (Å²) in [5.41, 5.74) is 1.20. The summed E-state index contributed by atoms with van der Waals surface area (Å²) in [7, 11) is 0. The highest BCUT2D eigenvalue weighted by Crippen LogP contribution is 2.37. The van der Waals surface area contributed by atoms with E-state index in [9.17, 15) is 4.79 Å². The molecule has 4 aromatic rings. The van der Waals surface area contributed by atoms with Gasteiger partial charge in [0.15, 0.2) is 5.16 Å². The van der Waals surface area contributed by atoms with Gasteiger partial charge in [-0.3, -0.25) is 9.36 Å². The first-order chi connectivity index (χ1) is 15.0. The maximum absolute atomic E-state index is 13.6. The third-order valence-corrected chi connectivity index (χ3v) is 7.68. The molecule has 4 heterocycles. The van der Waals surface area contributed by atoms with Crippen LogP contribution in [-0.2, 0) is 25.1 Å². The lowest BCUT2D eigenvalue weighted by molar-refractivity contribution is 0.444. The number of rotatable bonds is 6. The number of aromatic nitrogens is 4. The van der Waals surface area contributed by atoms with Gasteiger partial charge in [0.1, 0.15) is 10.6 Å². The highest BCUT2D eigenvalue weighted by atomic mass is 32.2. The summed E-state index contributed by atoms with van der Waals surface area (Å²) in [6.07, 6.45) is 4.71. The van der Waals surface area contributed by atoms with Crippen LogP contribution in [-0.4, -0.2) is 19.7 Å². The Bertz CT molecular complexity index is 1270. The smallest absolute Gasteiger partial charge is 0.263 e. The van der Waals surface area contributed by atoms with E-state index in [2.05, 4.69) is 17.1 Å². The maximum atomic E-state index is 13.6.